The third-order valence-corrected chi connectivity index (χ3v) is 4.34. The maximum absolute atomic E-state index is 5.29. The average molecular weight is 458 g/mol. The molecule has 0 aromatic rings. The molecule has 0 saturated heterocycles. The molecule has 0 amide bonds. The first kappa shape index (κ1) is 15.3. The highest BCUT2D eigenvalue weighted by atomic mass is 79.9. The largest absolute Gasteiger partial charge is 0.374 e. The third-order valence-electron chi connectivity index (χ3n) is 1.09. The standard InChI is InChI=1S/C8H10Br4O2/c9-3-7(11)5-13-1-2-14-6-8(12)4-10/h3-4H,1-2,5-6H2. The molecule has 0 fully saturated rings. The normalized spacial score (nSPS) is 13.4. The zero-order valence-electron chi connectivity index (χ0n) is 7.31. The quantitative estimate of drug-likeness (QED) is 0.531. The molecule has 0 saturated carbocycles. The van der Waals surface area contributed by atoms with Gasteiger partial charge >= 0.3 is 0 Å². The summed E-state index contributed by atoms with van der Waals surface area (Å²) in [6.07, 6.45) is 0. The molecule has 0 aromatic carbocycles. The molecule has 0 N–H and O–H groups in total. The minimum Gasteiger partial charge on any atom is -0.374 e. The van der Waals surface area contributed by atoms with Crippen LogP contribution in [0.2, 0.25) is 0 Å². The highest BCUT2D eigenvalue weighted by Gasteiger charge is 1.93. The Labute approximate surface area is 118 Å². The van der Waals surface area contributed by atoms with Crippen molar-refractivity contribution in [1.82, 2.24) is 0 Å². The second-order valence-corrected chi connectivity index (χ2v) is 5.17. The van der Waals surface area contributed by atoms with Gasteiger partial charge in [0.25, 0.3) is 0 Å². The third kappa shape index (κ3) is 9.86. The summed E-state index contributed by atoms with van der Waals surface area (Å²) >= 11 is 13.0. The van der Waals surface area contributed by atoms with Crippen LogP contribution in [0.1, 0.15) is 0 Å². The SMILES string of the molecule is BrC=C(Br)COCCOCC(Br)=CBr. The van der Waals surface area contributed by atoms with Crippen molar-refractivity contribution in [2.24, 2.45) is 0 Å². The van der Waals surface area contributed by atoms with Gasteiger partial charge in [-0.1, -0.05) is 63.7 Å². The minimum atomic E-state index is 0.560. The van der Waals surface area contributed by atoms with Crippen molar-refractivity contribution in [2.75, 3.05) is 26.4 Å². The maximum atomic E-state index is 5.29. The monoisotopic (exact) mass is 454 g/mol. The van der Waals surface area contributed by atoms with Gasteiger partial charge in [-0.15, -0.1) is 0 Å². The summed E-state index contributed by atoms with van der Waals surface area (Å²) in [7, 11) is 0. The molecule has 0 aliphatic heterocycles. The van der Waals surface area contributed by atoms with Crippen molar-refractivity contribution in [3.63, 3.8) is 0 Å². The number of halogens is 4. The molecule has 0 aliphatic carbocycles. The fourth-order valence-corrected chi connectivity index (χ4v) is 1.11. The summed E-state index contributed by atoms with van der Waals surface area (Å²) in [5.41, 5.74) is 0. The van der Waals surface area contributed by atoms with E-state index in [4.69, 9.17) is 9.47 Å². The first-order valence-corrected chi connectivity index (χ1v) is 7.17. The van der Waals surface area contributed by atoms with E-state index in [1.54, 1.807) is 9.97 Å². The van der Waals surface area contributed by atoms with E-state index in [-0.39, 0.29) is 0 Å². The van der Waals surface area contributed by atoms with Crippen LogP contribution in [0.25, 0.3) is 0 Å². The van der Waals surface area contributed by atoms with Crippen molar-refractivity contribution in [3.8, 4) is 0 Å². The average Bonchev–Trinajstić information content (AvgIpc) is 2.22. The highest BCUT2D eigenvalue weighted by Crippen LogP contribution is 2.08. The van der Waals surface area contributed by atoms with Crippen LogP contribution in [-0.2, 0) is 9.47 Å². The molecule has 2 nitrogen and oxygen atoms in total. The van der Waals surface area contributed by atoms with Crippen molar-refractivity contribution in [3.05, 3.63) is 18.9 Å². The number of hydrogen-bond donors (Lipinski definition) is 0. The van der Waals surface area contributed by atoms with Crippen molar-refractivity contribution >= 4 is 63.7 Å². The first-order chi connectivity index (χ1) is 6.70. The lowest BCUT2D eigenvalue weighted by Crippen LogP contribution is -2.06. The molecule has 0 spiro atoms. The molecule has 14 heavy (non-hydrogen) atoms. The summed E-state index contributed by atoms with van der Waals surface area (Å²) in [6.45, 7) is 2.28. The number of rotatable bonds is 7. The van der Waals surface area contributed by atoms with E-state index in [1.807, 2.05) is 0 Å². The first-order valence-electron chi connectivity index (χ1n) is 3.75. The summed E-state index contributed by atoms with van der Waals surface area (Å²) in [4.78, 5) is 3.55. The van der Waals surface area contributed by atoms with E-state index in [0.29, 0.717) is 26.4 Å². The van der Waals surface area contributed by atoms with Crippen molar-refractivity contribution < 1.29 is 9.47 Å². The van der Waals surface area contributed by atoms with Crippen LogP contribution < -0.4 is 0 Å². The summed E-state index contributed by atoms with van der Waals surface area (Å²) in [5.74, 6) is 0. The Bertz CT molecular complexity index is 182. The predicted octanol–water partition coefficient (Wildman–Crippen LogP) is 4.28. The van der Waals surface area contributed by atoms with Crippen molar-refractivity contribution in [2.45, 2.75) is 0 Å². The predicted molar refractivity (Wildman–Crippen MR) is 73.5 cm³/mol. The van der Waals surface area contributed by atoms with E-state index in [9.17, 15) is 0 Å². The van der Waals surface area contributed by atoms with Crippen LogP contribution in [0, 0.1) is 0 Å². The van der Waals surface area contributed by atoms with E-state index in [2.05, 4.69) is 63.7 Å². The Kier molecular flexibility index (Phi) is 11.8. The van der Waals surface area contributed by atoms with Gasteiger partial charge in [0.15, 0.2) is 0 Å². The molecule has 0 bridgehead atoms. The minimum absolute atomic E-state index is 0.560. The molecular formula is C8H10Br4O2. The lowest BCUT2D eigenvalue weighted by molar-refractivity contribution is 0.0697. The number of hydrogen-bond acceptors (Lipinski definition) is 2. The van der Waals surface area contributed by atoms with Crippen LogP contribution in [0.3, 0.4) is 0 Å². The van der Waals surface area contributed by atoms with Crippen LogP contribution in [0.15, 0.2) is 18.9 Å². The molecule has 0 aromatic heterocycles. The fourth-order valence-electron chi connectivity index (χ4n) is 0.520. The van der Waals surface area contributed by atoms with Crippen LogP contribution in [0.4, 0.5) is 0 Å². The molecule has 0 rings (SSSR count). The van der Waals surface area contributed by atoms with Gasteiger partial charge in [-0.2, -0.15) is 0 Å². The fraction of sp³-hybridized carbons (Fsp3) is 0.500. The van der Waals surface area contributed by atoms with Gasteiger partial charge in [0.2, 0.25) is 0 Å². The molecule has 0 atom stereocenters. The van der Waals surface area contributed by atoms with Crippen LogP contribution in [-0.4, -0.2) is 26.4 Å². The molecule has 6 heteroatoms. The number of ether oxygens (including phenoxy) is 2. The van der Waals surface area contributed by atoms with Gasteiger partial charge in [0.05, 0.1) is 26.4 Å². The molecule has 0 unspecified atom stereocenters. The van der Waals surface area contributed by atoms with Gasteiger partial charge in [0, 0.05) is 8.96 Å². The van der Waals surface area contributed by atoms with Gasteiger partial charge in [0.1, 0.15) is 0 Å². The Morgan fingerprint density at radius 3 is 1.50 bits per heavy atom. The van der Waals surface area contributed by atoms with Gasteiger partial charge in [-0.25, -0.2) is 0 Å². The Hall–Kier alpha value is 1.32. The van der Waals surface area contributed by atoms with E-state index >= 15 is 0 Å². The van der Waals surface area contributed by atoms with Crippen molar-refractivity contribution in [1.29, 1.82) is 0 Å². The second-order valence-electron chi connectivity index (χ2n) is 2.22. The van der Waals surface area contributed by atoms with Gasteiger partial charge < -0.3 is 9.47 Å². The van der Waals surface area contributed by atoms with Crippen LogP contribution in [0.5, 0.6) is 0 Å². The smallest absolute Gasteiger partial charge is 0.0788 e. The second kappa shape index (κ2) is 10.8. The Morgan fingerprint density at radius 1 is 0.857 bits per heavy atom. The summed E-state index contributed by atoms with van der Waals surface area (Å²) in [5, 5.41) is 0. The van der Waals surface area contributed by atoms with E-state index < -0.39 is 0 Å². The summed E-state index contributed by atoms with van der Waals surface area (Å²) < 4.78 is 12.5. The zero-order chi connectivity index (χ0) is 10.8. The van der Waals surface area contributed by atoms with Gasteiger partial charge in [-0.05, 0) is 9.97 Å². The lowest BCUT2D eigenvalue weighted by atomic mass is 10.6. The van der Waals surface area contributed by atoms with Gasteiger partial charge in [-0.3, -0.25) is 0 Å². The highest BCUT2D eigenvalue weighted by molar-refractivity contribution is 9.14. The lowest BCUT2D eigenvalue weighted by Gasteiger charge is -2.04. The maximum Gasteiger partial charge on any atom is 0.0788 e. The zero-order valence-corrected chi connectivity index (χ0v) is 13.7. The Morgan fingerprint density at radius 2 is 1.21 bits per heavy atom. The van der Waals surface area contributed by atoms with Crippen LogP contribution >= 0.6 is 63.7 Å². The topological polar surface area (TPSA) is 18.5 Å². The molecular weight excluding hydrogens is 448 g/mol. The Balaban J connectivity index is 3.22. The molecule has 82 valence electrons. The molecule has 0 aliphatic rings. The summed E-state index contributed by atoms with van der Waals surface area (Å²) in [6, 6.07) is 0. The molecule has 0 heterocycles. The van der Waals surface area contributed by atoms with E-state index in [1.165, 1.54) is 0 Å². The van der Waals surface area contributed by atoms with E-state index in [0.717, 1.165) is 8.96 Å². The molecule has 0 radical (unpaired) electrons.